The zero-order valence-corrected chi connectivity index (χ0v) is 11.0. The van der Waals surface area contributed by atoms with Crippen molar-refractivity contribution in [2.45, 2.75) is 25.7 Å². The summed E-state index contributed by atoms with van der Waals surface area (Å²) < 4.78 is 0. The standard InChI is InChI=1S/C14H16S.CH2O/c1-2-7-13(14-10-6-11-15-14)12-8-4-3-5-9-12;1-2/h3-6,8-11,13H,2,7H2,1H3;1H2. The van der Waals surface area contributed by atoms with Crippen LogP contribution in [0.5, 0.6) is 0 Å². The Hall–Kier alpha value is -1.41. The lowest BCUT2D eigenvalue weighted by Gasteiger charge is -2.14. The number of carbonyl (C=O) groups excluding carboxylic acids is 1. The molecule has 1 atom stereocenters. The Morgan fingerprint density at radius 3 is 2.35 bits per heavy atom. The molecular weight excluding hydrogens is 228 g/mol. The van der Waals surface area contributed by atoms with Gasteiger partial charge in [-0.3, -0.25) is 0 Å². The SMILES string of the molecule is C=O.CCCC(c1ccccc1)c1cccs1. The largest absolute Gasteiger partial charge is 0.307 e. The van der Waals surface area contributed by atoms with Crippen molar-refractivity contribution in [2.75, 3.05) is 0 Å². The van der Waals surface area contributed by atoms with E-state index in [0.717, 1.165) is 0 Å². The number of carbonyl (C=O) groups is 1. The van der Waals surface area contributed by atoms with Gasteiger partial charge in [0.05, 0.1) is 0 Å². The van der Waals surface area contributed by atoms with Gasteiger partial charge in [-0.1, -0.05) is 49.7 Å². The Morgan fingerprint density at radius 1 is 1.12 bits per heavy atom. The minimum absolute atomic E-state index is 0.594. The molecule has 2 aromatic rings. The van der Waals surface area contributed by atoms with E-state index in [-0.39, 0.29) is 0 Å². The fourth-order valence-electron chi connectivity index (χ4n) is 1.94. The van der Waals surface area contributed by atoms with Gasteiger partial charge in [0.25, 0.3) is 0 Å². The first kappa shape index (κ1) is 13.7. The average Bonchev–Trinajstić information content (AvgIpc) is 2.93. The molecule has 2 rings (SSSR count). The molecule has 1 nitrogen and oxygen atoms in total. The van der Waals surface area contributed by atoms with E-state index in [1.807, 2.05) is 18.1 Å². The summed E-state index contributed by atoms with van der Waals surface area (Å²) in [6.45, 7) is 4.25. The molecule has 17 heavy (non-hydrogen) atoms. The van der Waals surface area contributed by atoms with Gasteiger partial charge < -0.3 is 4.79 Å². The maximum atomic E-state index is 8.00. The number of hydrogen-bond acceptors (Lipinski definition) is 2. The monoisotopic (exact) mass is 246 g/mol. The van der Waals surface area contributed by atoms with Gasteiger partial charge in [-0.25, -0.2) is 0 Å². The van der Waals surface area contributed by atoms with Gasteiger partial charge in [0.15, 0.2) is 0 Å². The Kier molecular flexibility index (Phi) is 6.26. The molecule has 1 aromatic carbocycles. The summed E-state index contributed by atoms with van der Waals surface area (Å²) in [6, 6.07) is 15.2. The van der Waals surface area contributed by atoms with E-state index in [1.54, 1.807) is 0 Å². The third-order valence-corrected chi connectivity index (χ3v) is 3.65. The van der Waals surface area contributed by atoms with Gasteiger partial charge in [0, 0.05) is 10.8 Å². The van der Waals surface area contributed by atoms with Gasteiger partial charge in [-0.15, -0.1) is 11.3 Å². The van der Waals surface area contributed by atoms with Crippen LogP contribution in [0.25, 0.3) is 0 Å². The highest BCUT2D eigenvalue weighted by molar-refractivity contribution is 7.10. The van der Waals surface area contributed by atoms with Crippen LogP contribution in [-0.2, 0) is 4.79 Å². The van der Waals surface area contributed by atoms with Crippen LogP contribution in [0.2, 0.25) is 0 Å². The molecule has 1 unspecified atom stereocenters. The predicted molar refractivity (Wildman–Crippen MR) is 74.6 cm³/mol. The van der Waals surface area contributed by atoms with E-state index in [2.05, 4.69) is 54.8 Å². The minimum atomic E-state index is 0.594. The van der Waals surface area contributed by atoms with Gasteiger partial charge in [-0.05, 0) is 23.4 Å². The van der Waals surface area contributed by atoms with E-state index in [1.165, 1.54) is 23.3 Å². The molecule has 90 valence electrons. The summed E-state index contributed by atoms with van der Waals surface area (Å²) >= 11 is 1.87. The van der Waals surface area contributed by atoms with E-state index < -0.39 is 0 Å². The van der Waals surface area contributed by atoms with Gasteiger partial charge in [0.2, 0.25) is 0 Å². The Labute approximate surface area is 107 Å². The van der Waals surface area contributed by atoms with Gasteiger partial charge in [-0.2, -0.15) is 0 Å². The van der Waals surface area contributed by atoms with E-state index in [4.69, 9.17) is 4.79 Å². The van der Waals surface area contributed by atoms with Crippen molar-refractivity contribution < 1.29 is 4.79 Å². The van der Waals surface area contributed by atoms with Crippen molar-refractivity contribution in [2.24, 2.45) is 0 Å². The molecule has 0 N–H and O–H groups in total. The lowest BCUT2D eigenvalue weighted by Crippen LogP contribution is -1.97. The summed E-state index contributed by atoms with van der Waals surface area (Å²) in [5.41, 5.74) is 1.45. The van der Waals surface area contributed by atoms with E-state index in [9.17, 15) is 0 Å². The third kappa shape index (κ3) is 3.82. The first-order valence-electron chi connectivity index (χ1n) is 5.79. The molecule has 0 aliphatic rings. The highest BCUT2D eigenvalue weighted by atomic mass is 32.1. The van der Waals surface area contributed by atoms with Crippen molar-refractivity contribution in [3.8, 4) is 0 Å². The molecular formula is C15H18OS. The summed E-state index contributed by atoms with van der Waals surface area (Å²) in [7, 11) is 0. The lowest BCUT2D eigenvalue weighted by molar-refractivity contribution is -0.0979. The molecule has 0 saturated heterocycles. The zero-order valence-electron chi connectivity index (χ0n) is 10.1. The first-order chi connectivity index (χ1) is 8.42. The summed E-state index contributed by atoms with van der Waals surface area (Å²) in [4.78, 5) is 9.49. The van der Waals surface area contributed by atoms with Crippen molar-refractivity contribution in [1.82, 2.24) is 0 Å². The summed E-state index contributed by atoms with van der Waals surface area (Å²) in [5, 5.41) is 2.17. The van der Waals surface area contributed by atoms with Crippen LogP contribution in [0.3, 0.4) is 0 Å². The van der Waals surface area contributed by atoms with Crippen molar-refractivity contribution in [1.29, 1.82) is 0 Å². The lowest BCUT2D eigenvalue weighted by atomic mass is 9.93. The van der Waals surface area contributed by atoms with Crippen molar-refractivity contribution >= 4 is 18.1 Å². The zero-order chi connectivity index (χ0) is 12.5. The molecule has 0 amide bonds. The maximum Gasteiger partial charge on any atom is 0.106 e. The van der Waals surface area contributed by atoms with E-state index in [0.29, 0.717) is 5.92 Å². The van der Waals surface area contributed by atoms with Crippen LogP contribution in [0.15, 0.2) is 47.8 Å². The highest BCUT2D eigenvalue weighted by Crippen LogP contribution is 2.31. The summed E-state index contributed by atoms with van der Waals surface area (Å²) in [6.07, 6.45) is 2.47. The number of benzene rings is 1. The first-order valence-corrected chi connectivity index (χ1v) is 6.67. The van der Waals surface area contributed by atoms with Crippen LogP contribution < -0.4 is 0 Å². The molecule has 0 fully saturated rings. The molecule has 1 heterocycles. The van der Waals surface area contributed by atoms with Crippen molar-refractivity contribution in [3.63, 3.8) is 0 Å². The summed E-state index contributed by atoms with van der Waals surface area (Å²) in [5.74, 6) is 0.594. The van der Waals surface area contributed by atoms with Crippen LogP contribution >= 0.6 is 11.3 Å². The molecule has 0 saturated carbocycles. The molecule has 1 aromatic heterocycles. The topological polar surface area (TPSA) is 17.1 Å². The van der Waals surface area contributed by atoms with Crippen LogP contribution in [0.4, 0.5) is 0 Å². The third-order valence-electron chi connectivity index (χ3n) is 2.67. The van der Waals surface area contributed by atoms with Crippen LogP contribution in [0.1, 0.15) is 36.1 Å². The van der Waals surface area contributed by atoms with Gasteiger partial charge >= 0.3 is 0 Å². The molecule has 0 bridgehead atoms. The fourth-order valence-corrected chi connectivity index (χ4v) is 2.83. The average molecular weight is 246 g/mol. The second-order valence-electron chi connectivity index (χ2n) is 3.77. The van der Waals surface area contributed by atoms with E-state index >= 15 is 0 Å². The van der Waals surface area contributed by atoms with Gasteiger partial charge in [0.1, 0.15) is 6.79 Å². The second-order valence-corrected chi connectivity index (χ2v) is 4.75. The van der Waals surface area contributed by atoms with Crippen LogP contribution in [-0.4, -0.2) is 6.79 Å². The number of thiophene rings is 1. The Morgan fingerprint density at radius 2 is 1.82 bits per heavy atom. The number of hydrogen-bond donors (Lipinski definition) is 0. The van der Waals surface area contributed by atoms with Crippen LogP contribution in [0, 0.1) is 0 Å². The second kappa shape index (κ2) is 7.80. The smallest absolute Gasteiger partial charge is 0.106 e. The maximum absolute atomic E-state index is 8.00. The highest BCUT2D eigenvalue weighted by Gasteiger charge is 2.13. The predicted octanol–water partition coefficient (Wildman–Crippen LogP) is 4.50. The Balaban J connectivity index is 0.000000686. The molecule has 0 spiro atoms. The normalized spacial score (nSPS) is 11.4. The molecule has 2 heteroatoms. The number of rotatable bonds is 4. The molecule has 0 aliphatic heterocycles. The molecule has 0 aliphatic carbocycles. The quantitative estimate of drug-likeness (QED) is 0.776. The Bertz CT molecular complexity index is 394. The molecule has 0 radical (unpaired) electrons. The fraction of sp³-hybridized carbons (Fsp3) is 0.267. The van der Waals surface area contributed by atoms with Crippen molar-refractivity contribution in [3.05, 3.63) is 58.3 Å². The minimum Gasteiger partial charge on any atom is -0.307 e.